The second kappa shape index (κ2) is 9.05. The molecule has 0 saturated carbocycles. The van der Waals surface area contributed by atoms with Crippen LogP contribution in [0.3, 0.4) is 0 Å². The number of rotatable bonds is 6. The predicted molar refractivity (Wildman–Crippen MR) is 91.8 cm³/mol. The number of hydrogen-bond donors (Lipinski definition) is 2. The zero-order chi connectivity index (χ0) is 14.9. The largest absolute Gasteiger partial charge is 0.492 e. The van der Waals surface area contributed by atoms with E-state index in [1.54, 1.807) is 7.05 Å². The number of benzene rings is 1. The lowest BCUT2D eigenvalue weighted by atomic mass is 10.2. The lowest BCUT2D eigenvalue weighted by Gasteiger charge is -2.15. The number of halogens is 1. The van der Waals surface area contributed by atoms with Crippen molar-refractivity contribution in [2.45, 2.75) is 18.1 Å². The minimum Gasteiger partial charge on any atom is -0.492 e. The summed E-state index contributed by atoms with van der Waals surface area (Å²) >= 11 is 7.87. The van der Waals surface area contributed by atoms with Gasteiger partial charge in [-0.2, -0.15) is 11.8 Å². The molecule has 2 N–H and O–H groups in total. The molecule has 116 valence electrons. The quantitative estimate of drug-likeness (QED) is 0.479. The third kappa shape index (κ3) is 6.06. The number of guanidine groups is 1. The zero-order valence-electron chi connectivity index (χ0n) is 12.3. The van der Waals surface area contributed by atoms with Crippen LogP contribution in [-0.2, 0) is 0 Å². The Balaban J connectivity index is 1.60. The van der Waals surface area contributed by atoms with E-state index in [2.05, 4.69) is 15.6 Å². The first-order valence-corrected chi connectivity index (χ1v) is 8.65. The van der Waals surface area contributed by atoms with Crippen LogP contribution in [0.2, 0.25) is 5.02 Å². The molecule has 4 nitrogen and oxygen atoms in total. The van der Waals surface area contributed by atoms with Gasteiger partial charge in [0.25, 0.3) is 0 Å². The van der Waals surface area contributed by atoms with E-state index in [9.17, 15) is 0 Å². The summed E-state index contributed by atoms with van der Waals surface area (Å²) in [6.45, 7) is 2.27. The van der Waals surface area contributed by atoms with E-state index >= 15 is 0 Å². The Morgan fingerprint density at radius 3 is 2.86 bits per heavy atom. The van der Waals surface area contributed by atoms with Gasteiger partial charge in [0.2, 0.25) is 0 Å². The first-order chi connectivity index (χ1) is 10.3. The van der Waals surface area contributed by atoms with Crippen LogP contribution in [0.1, 0.15) is 12.8 Å². The molecule has 0 aliphatic carbocycles. The molecule has 1 saturated heterocycles. The molecule has 0 aromatic heterocycles. The second-order valence-corrected chi connectivity index (χ2v) is 6.66. The zero-order valence-corrected chi connectivity index (χ0v) is 13.8. The van der Waals surface area contributed by atoms with Crippen LogP contribution in [0.4, 0.5) is 0 Å². The standard InChI is InChI=1S/C15H22ClN3OS/c1-17-15(19-11-14-3-2-10-21-14)18-8-9-20-13-6-4-12(16)5-7-13/h4-7,14H,2-3,8-11H2,1H3,(H2,17,18,19). The topological polar surface area (TPSA) is 45.7 Å². The predicted octanol–water partition coefficient (Wildman–Crippen LogP) is 2.78. The summed E-state index contributed by atoms with van der Waals surface area (Å²) in [6, 6.07) is 7.38. The minimum absolute atomic E-state index is 0.584. The number of aliphatic imine (C=N–C) groups is 1. The molecule has 1 aromatic carbocycles. The van der Waals surface area contributed by atoms with E-state index in [-0.39, 0.29) is 0 Å². The molecule has 6 heteroatoms. The van der Waals surface area contributed by atoms with Crippen molar-refractivity contribution >= 4 is 29.3 Å². The Bertz CT molecular complexity index is 447. The molecule has 1 aromatic rings. The van der Waals surface area contributed by atoms with E-state index in [4.69, 9.17) is 16.3 Å². The van der Waals surface area contributed by atoms with Gasteiger partial charge < -0.3 is 15.4 Å². The summed E-state index contributed by atoms with van der Waals surface area (Å²) in [7, 11) is 1.79. The highest BCUT2D eigenvalue weighted by Gasteiger charge is 2.15. The second-order valence-electron chi connectivity index (χ2n) is 4.82. The molecule has 1 unspecified atom stereocenters. The van der Waals surface area contributed by atoms with Gasteiger partial charge in [0.15, 0.2) is 5.96 Å². The maximum atomic E-state index is 5.83. The summed E-state index contributed by atoms with van der Waals surface area (Å²) in [6.07, 6.45) is 2.63. The average Bonchev–Trinajstić information content (AvgIpc) is 3.02. The van der Waals surface area contributed by atoms with Crippen molar-refractivity contribution in [3.05, 3.63) is 29.3 Å². The fourth-order valence-corrected chi connectivity index (χ4v) is 3.43. The van der Waals surface area contributed by atoms with E-state index < -0.39 is 0 Å². The third-order valence-electron chi connectivity index (χ3n) is 3.22. The van der Waals surface area contributed by atoms with Crippen LogP contribution in [0.15, 0.2) is 29.3 Å². The molecule has 1 heterocycles. The highest BCUT2D eigenvalue weighted by Crippen LogP contribution is 2.25. The van der Waals surface area contributed by atoms with Crippen molar-refractivity contribution in [3.8, 4) is 5.75 Å². The smallest absolute Gasteiger partial charge is 0.191 e. The van der Waals surface area contributed by atoms with Gasteiger partial charge in [0.05, 0.1) is 6.54 Å². The monoisotopic (exact) mass is 327 g/mol. The van der Waals surface area contributed by atoms with Crippen LogP contribution >= 0.6 is 23.4 Å². The number of nitrogens with zero attached hydrogens (tertiary/aromatic N) is 1. The summed E-state index contributed by atoms with van der Waals surface area (Å²) in [4.78, 5) is 4.22. The van der Waals surface area contributed by atoms with Gasteiger partial charge in [-0.15, -0.1) is 0 Å². The van der Waals surface area contributed by atoms with Crippen molar-refractivity contribution in [3.63, 3.8) is 0 Å². The third-order valence-corrected chi connectivity index (χ3v) is 4.87. The fourth-order valence-electron chi connectivity index (χ4n) is 2.11. The summed E-state index contributed by atoms with van der Waals surface area (Å²) in [5.41, 5.74) is 0. The minimum atomic E-state index is 0.584. The van der Waals surface area contributed by atoms with Crippen LogP contribution in [0.5, 0.6) is 5.75 Å². The molecule has 1 aliphatic rings. The maximum absolute atomic E-state index is 5.83. The number of hydrogen-bond acceptors (Lipinski definition) is 3. The van der Waals surface area contributed by atoms with E-state index in [0.717, 1.165) is 23.3 Å². The summed E-state index contributed by atoms with van der Waals surface area (Å²) in [5, 5.41) is 8.05. The molecule has 1 fully saturated rings. The van der Waals surface area contributed by atoms with Crippen molar-refractivity contribution in [2.24, 2.45) is 4.99 Å². The molecule has 0 amide bonds. The van der Waals surface area contributed by atoms with Crippen molar-refractivity contribution in [1.29, 1.82) is 0 Å². The molecule has 0 radical (unpaired) electrons. The lowest BCUT2D eigenvalue weighted by Crippen LogP contribution is -2.41. The molecule has 2 rings (SSSR count). The molecular formula is C15H22ClN3OS. The number of nitrogens with one attached hydrogen (secondary N) is 2. The summed E-state index contributed by atoms with van der Waals surface area (Å²) < 4.78 is 5.63. The Morgan fingerprint density at radius 2 is 2.19 bits per heavy atom. The van der Waals surface area contributed by atoms with Crippen molar-refractivity contribution in [2.75, 3.05) is 32.5 Å². The fraction of sp³-hybridized carbons (Fsp3) is 0.533. The molecule has 1 atom stereocenters. The van der Waals surface area contributed by atoms with Gasteiger partial charge in [0, 0.05) is 23.9 Å². The lowest BCUT2D eigenvalue weighted by molar-refractivity contribution is 0.322. The SMILES string of the molecule is CN=C(NCCOc1ccc(Cl)cc1)NCC1CCCS1. The normalized spacial score (nSPS) is 18.6. The Labute approximate surface area is 135 Å². The van der Waals surface area contributed by atoms with Gasteiger partial charge in [0.1, 0.15) is 12.4 Å². The molecular weight excluding hydrogens is 306 g/mol. The maximum Gasteiger partial charge on any atom is 0.191 e. The molecule has 21 heavy (non-hydrogen) atoms. The van der Waals surface area contributed by atoms with E-state index in [1.165, 1.54) is 18.6 Å². The first-order valence-electron chi connectivity index (χ1n) is 7.22. The van der Waals surface area contributed by atoms with Gasteiger partial charge in [-0.1, -0.05) is 11.6 Å². The van der Waals surface area contributed by atoms with Gasteiger partial charge in [-0.25, -0.2) is 0 Å². The van der Waals surface area contributed by atoms with E-state index in [1.807, 2.05) is 36.0 Å². The van der Waals surface area contributed by atoms with E-state index in [0.29, 0.717) is 18.4 Å². The highest BCUT2D eigenvalue weighted by molar-refractivity contribution is 8.00. The van der Waals surface area contributed by atoms with Crippen LogP contribution in [0, 0.1) is 0 Å². The number of ether oxygens (including phenoxy) is 1. The Morgan fingerprint density at radius 1 is 1.38 bits per heavy atom. The van der Waals surface area contributed by atoms with Crippen LogP contribution in [0.25, 0.3) is 0 Å². The molecule has 0 bridgehead atoms. The van der Waals surface area contributed by atoms with Gasteiger partial charge in [-0.3, -0.25) is 4.99 Å². The van der Waals surface area contributed by atoms with Gasteiger partial charge in [-0.05, 0) is 42.9 Å². The summed E-state index contributed by atoms with van der Waals surface area (Å²) in [5.74, 6) is 2.95. The molecule has 0 spiro atoms. The van der Waals surface area contributed by atoms with Crippen molar-refractivity contribution in [1.82, 2.24) is 10.6 Å². The van der Waals surface area contributed by atoms with Crippen molar-refractivity contribution < 1.29 is 4.74 Å². The molecule has 1 aliphatic heterocycles. The first kappa shape index (κ1) is 16.3. The average molecular weight is 328 g/mol. The Hall–Kier alpha value is -1.07. The van der Waals surface area contributed by atoms with Crippen LogP contribution < -0.4 is 15.4 Å². The van der Waals surface area contributed by atoms with Gasteiger partial charge >= 0.3 is 0 Å². The number of thioether (sulfide) groups is 1. The highest BCUT2D eigenvalue weighted by atomic mass is 35.5. The van der Waals surface area contributed by atoms with Crippen LogP contribution in [-0.4, -0.2) is 43.7 Å². The Kier molecular flexibility index (Phi) is 7.03.